The molecular weight excluding hydrogens is 578 g/mol. The number of anilines is 1. The maximum atomic E-state index is 14.8. The number of carbonyl (C=O) groups is 3. The summed E-state index contributed by atoms with van der Waals surface area (Å²) in [5.74, 6) is -0.230. The van der Waals surface area contributed by atoms with Crippen molar-refractivity contribution in [3.05, 3.63) is 112 Å². The van der Waals surface area contributed by atoms with E-state index in [0.29, 0.717) is 37.2 Å². The lowest BCUT2D eigenvalue weighted by Crippen LogP contribution is -2.49. The molecule has 4 aromatic rings. The summed E-state index contributed by atoms with van der Waals surface area (Å²) in [5.41, 5.74) is 8.45. The minimum atomic E-state index is -0.968. The van der Waals surface area contributed by atoms with Crippen molar-refractivity contribution in [3.8, 4) is 11.3 Å². The number of carboxylic acid groups (broad SMARTS) is 1. The van der Waals surface area contributed by atoms with E-state index in [9.17, 15) is 19.5 Å². The first-order valence-corrected chi connectivity index (χ1v) is 15.7. The largest absolute Gasteiger partial charge is 0.465 e. The van der Waals surface area contributed by atoms with Gasteiger partial charge in [-0.2, -0.15) is 0 Å². The molecule has 6 rings (SSSR count). The fourth-order valence-corrected chi connectivity index (χ4v) is 6.85. The Kier molecular flexibility index (Phi) is 8.44. The van der Waals surface area contributed by atoms with Crippen LogP contribution in [0.2, 0.25) is 0 Å². The molecule has 1 N–H and O–H groups in total. The highest BCUT2D eigenvalue weighted by Crippen LogP contribution is 2.35. The Morgan fingerprint density at radius 1 is 0.848 bits per heavy atom. The number of fused-ring (bicyclic) bond motifs is 2. The molecule has 0 fully saturated rings. The van der Waals surface area contributed by atoms with Crippen LogP contribution in [-0.2, 0) is 33.0 Å². The number of rotatable bonds is 6. The third-order valence-electron chi connectivity index (χ3n) is 9.53. The molecule has 0 radical (unpaired) electrons. The molecule has 0 bridgehead atoms. The van der Waals surface area contributed by atoms with Crippen LogP contribution in [0.25, 0.3) is 11.3 Å². The highest BCUT2D eigenvalue weighted by molar-refractivity contribution is 6.08. The third kappa shape index (κ3) is 5.78. The van der Waals surface area contributed by atoms with Gasteiger partial charge >= 0.3 is 6.09 Å². The predicted molar refractivity (Wildman–Crippen MR) is 179 cm³/mol. The molecule has 9 heteroatoms. The highest BCUT2D eigenvalue weighted by Gasteiger charge is 2.34. The van der Waals surface area contributed by atoms with E-state index in [0.717, 1.165) is 45.7 Å². The number of hydrogen-bond acceptors (Lipinski definition) is 4. The summed E-state index contributed by atoms with van der Waals surface area (Å²) in [6.45, 7) is 3.74. The fraction of sp³-hybridized carbons (Fsp3) is 0.324. The van der Waals surface area contributed by atoms with Crippen molar-refractivity contribution >= 4 is 23.6 Å². The SMILES string of the molecule is Cc1c(C(=O)N(C)c2ccccc2)cc(-c2cc3c(cc2C(=O)N2Cc4ccccc4C[C@H]2CN(C)C)CN(C(=O)O)CC3)n1C. The maximum Gasteiger partial charge on any atom is 0.407 e. The van der Waals surface area contributed by atoms with Crippen LogP contribution >= 0.6 is 0 Å². The molecule has 3 amide bonds. The van der Waals surface area contributed by atoms with Crippen molar-refractivity contribution in [1.82, 2.24) is 19.3 Å². The number of likely N-dealkylation sites (N-methyl/N-ethyl adjacent to an activating group) is 1. The number of amides is 3. The van der Waals surface area contributed by atoms with Crippen LogP contribution in [-0.4, -0.2) is 82.6 Å². The molecule has 9 nitrogen and oxygen atoms in total. The lowest BCUT2D eigenvalue weighted by Gasteiger charge is -2.39. The van der Waals surface area contributed by atoms with Crippen LogP contribution in [0.15, 0.2) is 72.8 Å². The van der Waals surface area contributed by atoms with Gasteiger partial charge in [0, 0.05) is 74.5 Å². The van der Waals surface area contributed by atoms with Crippen LogP contribution in [0.1, 0.15) is 48.7 Å². The van der Waals surface area contributed by atoms with Crippen molar-refractivity contribution < 1.29 is 19.5 Å². The van der Waals surface area contributed by atoms with E-state index in [2.05, 4.69) is 17.0 Å². The second-order valence-electron chi connectivity index (χ2n) is 12.7. The standard InChI is InChI=1S/C37H41N5O4/c1-24-31(35(43)40(5)29-13-7-6-8-14-29)20-34(39(24)4)32-18-26-15-16-41(37(45)46)21-28(26)19-33(32)36(44)42-22-27-12-10-9-11-25(27)17-30(42)23-38(2)3/h6-14,18-20,30H,15-17,21-23H2,1-5H3,(H,45,46)/t30-/m0/s1. The Morgan fingerprint density at radius 3 is 2.24 bits per heavy atom. The summed E-state index contributed by atoms with van der Waals surface area (Å²) in [6.07, 6.45) is 0.334. The van der Waals surface area contributed by atoms with Crippen LogP contribution in [0.5, 0.6) is 0 Å². The van der Waals surface area contributed by atoms with E-state index in [-0.39, 0.29) is 24.4 Å². The van der Waals surface area contributed by atoms with Crippen molar-refractivity contribution in [3.63, 3.8) is 0 Å². The van der Waals surface area contributed by atoms with Crippen molar-refractivity contribution in [2.45, 2.75) is 38.9 Å². The average Bonchev–Trinajstić information content (AvgIpc) is 3.35. The van der Waals surface area contributed by atoms with E-state index in [1.54, 1.807) is 11.9 Å². The van der Waals surface area contributed by atoms with Gasteiger partial charge in [-0.1, -0.05) is 42.5 Å². The second-order valence-corrected chi connectivity index (χ2v) is 12.7. The fourth-order valence-electron chi connectivity index (χ4n) is 6.85. The smallest absolute Gasteiger partial charge is 0.407 e. The predicted octanol–water partition coefficient (Wildman–Crippen LogP) is 5.44. The number of aromatic nitrogens is 1. The molecule has 238 valence electrons. The summed E-state index contributed by atoms with van der Waals surface area (Å²) >= 11 is 0. The van der Waals surface area contributed by atoms with Crippen LogP contribution < -0.4 is 4.90 Å². The number of benzene rings is 3. The zero-order chi connectivity index (χ0) is 32.7. The highest BCUT2D eigenvalue weighted by atomic mass is 16.4. The number of nitrogens with zero attached hydrogens (tertiary/aromatic N) is 5. The average molecular weight is 620 g/mol. The van der Waals surface area contributed by atoms with Gasteiger partial charge < -0.3 is 29.3 Å². The summed E-state index contributed by atoms with van der Waals surface area (Å²) in [5, 5.41) is 9.75. The molecule has 0 saturated heterocycles. The third-order valence-corrected chi connectivity index (χ3v) is 9.53. The van der Waals surface area contributed by atoms with Gasteiger partial charge in [-0.05, 0) is 86.4 Å². The molecule has 0 saturated carbocycles. The van der Waals surface area contributed by atoms with Crippen molar-refractivity contribution in [1.29, 1.82) is 0 Å². The van der Waals surface area contributed by atoms with Gasteiger partial charge in [-0.15, -0.1) is 0 Å². The normalized spacial score (nSPS) is 15.8. The van der Waals surface area contributed by atoms with Gasteiger partial charge in [0.1, 0.15) is 0 Å². The van der Waals surface area contributed by atoms with Crippen molar-refractivity contribution in [2.24, 2.45) is 7.05 Å². The Hall–Kier alpha value is -4.89. The summed E-state index contributed by atoms with van der Waals surface area (Å²) in [7, 11) is 7.73. The van der Waals surface area contributed by atoms with E-state index in [1.807, 2.05) is 98.2 Å². The zero-order valence-corrected chi connectivity index (χ0v) is 27.2. The van der Waals surface area contributed by atoms with E-state index in [1.165, 1.54) is 10.5 Å². The maximum absolute atomic E-state index is 14.8. The molecule has 0 spiro atoms. The molecule has 2 aliphatic heterocycles. The summed E-state index contributed by atoms with van der Waals surface area (Å²) in [4.78, 5) is 47.6. The Balaban J connectivity index is 1.46. The first-order chi connectivity index (χ1) is 22.0. The van der Waals surface area contributed by atoms with E-state index < -0.39 is 6.09 Å². The quantitative estimate of drug-likeness (QED) is 0.311. The summed E-state index contributed by atoms with van der Waals surface area (Å²) < 4.78 is 1.99. The molecule has 2 aliphatic rings. The van der Waals surface area contributed by atoms with Gasteiger partial charge in [0.15, 0.2) is 0 Å². The number of hydrogen-bond donors (Lipinski definition) is 1. The first-order valence-electron chi connectivity index (χ1n) is 15.7. The summed E-state index contributed by atoms with van der Waals surface area (Å²) in [6, 6.07) is 23.6. The van der Waals surface area contributed by atoms with E-state index >= 15 is 0 Å². The van der Waals surface area contributed by atoms with E-state index in [4.69, 9.17) is 0 Å². The Morgan fingerprint density at radius 2 is 1.54 bits per heavy atom. The topological polar surface area (TPSA) is 89.3 Å². The van der Waals surface area contributed by atoms with Crippen LogP contribution in [0.3, 0.4) is 0 Å². The zero-order valence-electron chi connectivity index (χ0n) is 27.2. The molecule has 1 aromatic heterocycles. The van der Waals surface area contributed by atoms with Gasteiger partial charge in [0.2, 0.25) is 0 Å². The monoisotopic (exact) mass is 619 g/mol. The Bertz CT molecular complexity index is 1810. The molecule has 0 aliphatic carbocycles. The number of para-hydroxylation sites is 1. The van der Waals surface area contributed by atoms with Crippen molar-refractivity contribution in [2.75, 3.05) is 39.1 Å². The molecule has 0 unspecified atom stereocenters. The molecular formula is C37H41N5O4. The lowest BCUT2D eigenvalue weighted by molar-refractivity contribution is 0.0606. The molecule has 3 heterocycles. The van der Waals surface area contributed by atoms with Crippen LogP contribution in [0.4, 0.5) is 10.5 Å². The Labute approximate surface area is 270 Å². The first kappa shape index (κ1) is 31.1. The van der Waals surface area contributed by atoms with Crippen LogP contribution in [0, 0.1) is 6.92 Å². The van der Waals surface area contributed by atoms with Gasteiger partial charge in [0.05, 0.1) is 5.56 Å². The minimum Gasteiger partial charge on any atom is -0.465 e. The molecule has 1 atom stereocenters. The van der Waals surface area contributed by atoms with Gasteiger partial charge in [-0.3, -0.25) is 9.59 Å². The number of carbonyl (C=O) groups excluding carboxylic acids is 2. The molecule has 3 aromatic carbocycles. The molecule has 46 heavy (non-hydrogen) atoms. The van der Waals surface area contributed by atoms with Gasteiger partial charge in [-0.25, -0.2) is 4.79 Å². The minimum absolute atomic E-state index is 0.0383. The van der Waals surface area contributed by atoms with Gasteiger partial charge in [0.25, 0.3) is 11.8 Å². The second kappa shape index (κ2) is 12.5. The lowest BCUT2D eigenvalue weighted by atomic mass is 9.89.